The van der Waals surface area contributed by atoms with Crippen LogP contribution in [0.2, 0.25) is 0 Å². The number of carbonyl (C=O) groups excluding carboxylic acids is 2. The zero-order chi connectivity index (χ0) is 24.1. The summed E-state index contributed by atoms with van der Waals surface area (Å²) in [6.07, 6.45) is 8.99. The van der Waals surface area contributed by atoms with Crippen LogP contribution in [0, 0.1) is 17.8 Å². The van der Waals surface area contributed by atoms with Gasteiger partial charge in [0.2, 0.25) is 15.9 Å². The second-order valence-corrected chi connectivity index (χ2v) is 12.6. The molecule has 0 aliphatic heterocycles. The van der Waals surface area contributed by atoms with Crippen molar-refractivity contribution in [2.24, 2.45) is 17.8 Å². The van der Waals surface area contributed by atoms with E-state index in [1.807, 2.05) is 12.1 Å². The van der Waals surface area contributed by atoms with Crippen molar-refractivity contribution in [2.45, 2.75) is 50.9 Å². The van der Waals surface area contributed by atoms with Crippen molar-refractivity contribution in [3.8, 4) is 0 Å². The highest BCUT2D eigenvalue weighted by molar-refractivity contribution is 7.92. The van der Waals surface area contributed by atoms with Gasteiger partial charge in [-0.1, -0.05) is 24.3 Å². The molecular formula is C27H32N2O4S. The summed E-state index contributed by atoms with van der Waals surface area (Å²) >= 11 is 0. The molecule has 4 aliphatic carbocycles. The predicted molar refractivity (Wildman–Crippen MR) is 134 cm³/mol. The topological polar surface area (TPSA) is 83.6 Å². The van der Waals surface area contributed by atoms with Crippen molar-refractivity contribution in [1.29, 1.82) is 0 Å². The van der Waals surface area contributed by atoms with E-state index in [-0.39, 0.29) is 17.7 Å². The third-order valence-corrected chi connectivity index (χ3v) is 9.19. The van der Waals surface area contributed by atoms with Crippen LogP contribution in [0.4, 0.5) is 11.4 Å². The van der Waals surface area contributed by atoms with E-state index in [1.54, 1.807) is 24.3 Å². The van der Waals surface area contributed by atoms with Crippen LogP contribution in [0.25, 0.3) is 0 Å². The van der Waals surface area contributed by atoms with Gasteiger partial charge in [0.15, 0.2) is 5.78 Å². The monoisotopic (exact) mass is 480 g/mol. The molecule has 34 heavy (non-hydrogen) atoms. The first kappa shape index (κ1) is 23.1. The van der Waals surface area contributed by atoms with Crippen molar-refractivity contribution in [2.75, 3.05) is 22.4 Å². The number of carbonyl (C=O) groups is 2. The van der Waals surface area contributed by atoms with E-state index in [0.717, 1.165) is 28.3 Å². The van der Waals surface area contributed by atoms with Crippen LogP contribution >= 0.6 is 0 Å². The molecule has 1 N–H and O–H groups in total. The van der Waals surface area contributed by atoms with Gasteiger partial charge in [-0.25, -0.2) is 8.42 Å². The number of ketones is 1. The van der Waals surface area contributed by atoms with Crippen LogP contribution in [0.5, 0.6) is 0 Å². The zero-order valence-corrected chi connectivity index (χ0v) is 20.6. The molecule has 0 spiro atoms. The summed E-state index contributed by atoms with van der Waals surface area (Å²) < 4.78 is 26.3. The molecular weight excluding hydrogens is 448 g/mol. The van der Waals surface area contributed by atoms with Gasteiger partial charge in [-0.15, -0.1) is 0 Å². The minimum atomic E-state index is -3.67. The van der Waals surface area contributed by atoms with Crippen molar-refractivity contribution in [3.63, 3.8) is 0 Å². The first-order valence-electron chi connectivity index (χ1n) is 12.1. The molecule has 0 radical (unpaired) electrons. The quantitative estimate of drug-likeness (QED) is 0.579. The molecule has 0 atom stereocenters. The number of amides is 1. The Morgan fingerprint density at radius 3 is 2.09 bits per heavy atom. The molecule has 4 fully saturated rings. The van der Waals surface area contributed by atoms with Crippen molar-refractivity contribution in [1.82, 2.24) is 0 Å². The average Bonchev–Trinajstić information content (AvgIpc) is 2.76. The predicted octanol–water partition coefficient (Wildman–Crippen LogP) is 4.76. The van der Waals surface area contributed by atoms with Gasteiger partial charge >= 0.3 is 0 Å². The van der Waals surface area contributed by atoms with Gasteiger partial charge in [-0.05, 0) is 98.4 Å². The molecule has 180 valence electrons. The van der Waals surface area contributed by atoms with Crippen molar-refractivity contribution in [3.05, 3.63) is 59.7 Å². The lowest BCUT2D eigenvalue weighted by Crippen LogP contribution is -2.48. The average molecular weight is 481 g/mol. The lowest BCUT2D eigenvalue weighted by molar-refractivity contribution is -0.114. The lowest BCUT2D eigenvalue weighted by Gasteiger charge is -2.57. The van der Waals surface area contributed by atoms with Crippen LogP contribution < -0.4 is 9.62 Å². The molecule has 7 heteroatoms. The summed E-state index contributed by atoms with van der Waals surface area (Å²) in [5.41, 5.74) is 2.99. The van der Waals surface area contributed by atoms with E-state index >= 15 is 0 Å². The molecule has 4 bridgehead atoms. The summed E-state index contributed by atoms with van der Waals surface area (Å²) in [5, 5.41) is 2.71. The first-order chi connectivity index (χ1) is 16.1. The third-order valence-electron chi connectivity index (χ3n) is 8.05. The van der Waals surface area contributed by atoms with Crippen molar-refractivity contribution < 1.29 is 18.0 Å². The number of rotatable bonds is 7. The Balaban J connectivity index is 1.33. The largest absolute Gasteiger partial charge is 0.324 e. The SMILES string of the molecule is CC(=O)c1cccc(NC(=O)CN(c2ccc(C34CC5CC(CC(C5)C3)C4)cc2)S(C)(=O)=O)c1. The number of anilines is 2. The maximum atomic E-state index is 12.7. The number of hydrogen-bond donors (Lipinski definition) is 1. The van der Waals surface area contributed by atoms with E-state index in [9.17, 15) is 18.0 Å². The van der Waals surface area contributed by atoms with Crippen LogP contribution in [-0.4, -0.2) is 32.9 Å². The summed E-state index contributed by atoms with van der Waals surface area (Å²) in [6, 6.07) is 14.5. The van der Waals surface area contributed by atoms with E-state index in [1.165, 1.54) is 51.0 Å². The Labute approximate surface area is 201 Å². The maximum absolute atomic E-state index is 12.7. The Kier molecular flexibility index (Phi) is 5.79. The zero-order valence-electron chi connectivity index (χ0n) is 19.8. The third kappa shape index (κ3) is 4.50. The van der Waals surface area contributed by atoms with Crippen molar-refractivity contribution >= 4 is 33.1 Å². The second kappa shape index (κ2) is 8.52. The lowest BCUT2D eigenvalue weighted by atomic mass is 9.48. The highest BCUT2D eigenvalue weighted by Gasteiger charge is 2.51. The standard InChI is InChI=1S/C27H32N2O4S/c1-18(30)22-4-3-5-24(13-22)28-26(31)17-29(34(2,32)33)25-8-6-23(7-9-25)27-14-19-10-20(15-27)12-21(11-19)16-27/h3-9,13,19-21H,10-12,14-17H2,1-2H3,(H,28,31). The number of Topliss-reactive ketones (excluding diaryl/α,β-unsaturated/α-hetero) is 1. The van der Waals surface area contributed by atoms with Gasteiger partial charge in [0, 0.05) is 11.3 Å². The Bertz CT molecular complexity index is 1180. The molecule has 1 amide bonds. The van der Waals surface area contributed by atoms with Gasteiger partial charge in [0.05, 0.1) is 11.9 Å². The van der Waals surface area contributed by atoms with Crippen LogP contribution in [0.1, 0.15) is 61.4 Å². The molecule has 4 saturated carbocycles. The fourth-order valence-electron chi connectivity index (χ4n) is 6.99. The second-order valence-electron chi connectivity index (χ2n) is 10.7. The summed E-state index contributed by atoms with van der Waals surface area (Å²) in [7, 11) is -3.67. The Hall–Kier alpha value is -2.67. The molecule has 2 aromatic carbocycles. The molecule has 6 nitrogen and oxygen atoms in total. The van der Waals surface area contributed by atoms with Gasteiger partial charge < -0.3 is 5.32 Å². The van der Waals surface area contributed by atoms with Crippen LogP contribution in [0.3, 0.4) is 0 Å². The smallest absolute Gasteiger partial charge is 0.245 e. The van der Waals surface area contributed by atoms with Gasteiger partial charge in [0.1, 0.15) is 6.54 Å². The highest BCUT2D eigenvalue weighted by atomic mass is 32.2. The normalized spacial score (nSPS) is 27.4. The Morgan fingerprint density at radius 1 is 0.971 bits per heavy atom. The van der Waals surface area contributed by atoms with Gasteiger partial charge in [0.25, 0.3) is 0 Å². The Morgan fingerprint density at radius 2 is 1.56 bits per heavy atom. The van der Waals surface area contributed by atoms with E-state index < -0.39 is 15.9 Å². The summed E-state index contributed by atoms with van der Waals surface area (Å²) in [6.45, 7) is 1.12. The van der Waals surface area contributed by atoms with Gasteiger partial charge in [-0.2, -0.15) is 0 Å². The maximum Gasteiger partial charge on any atom is 0.245 e. The number of nitrogens with zero attached hydrogens (tertiary/aromatic N) is 1. The fraction of sp³-hybridized carbons (Fsp3) is 0.481. The number of hydrogen-bond acceptors (Lipinski definition) is 4. The van der Waals surface area contributed by atoms with E-state index in [2.05, 4.69) is 17.4 Å². The van der Waals surface area contributed by atoms with Gasteiger partial charge in [-0.3, -0.25) is 13.9 Å². The number of nitrogens with one attached hydrogen (secondary N) is 1. The fourth-order valence-corrected chi connectivity index (χ4v) is 7.85. The van der Waals surface area contributed by atoms with Crippen LogP contribution in [-0.2, 0) is 20.2 Å². The summed E-state index contributed by atoms with van der Waals surface area (Å²) in [4.78, 5) is 24.3. The molecule has 0 unspecified atom stereocenters. The van der Waals surface area contributed by atoms with E-state index in [0.29, 0.717) is 16.9 Å². The molecule has 4 aliphatic rings. The summed E-state index contributed by atoms with van der Waals surface area (Å²) in [5.74, 6) is 1.94. The molecule has 2 aromatic rings. The molecule has 0 aromatic heterocycles. The number of sulfonamides is 1. The molecule has 6 rings (SSSR count). The molecule has 0 saturated heterocycles. The first-order valence-corrected chi connectivity index (χ1v) is 14.0. The minimum Gasteiger partial charge on any atom is -0.324 e. The van der Waals surface area contributed by atoms with Crippen LogP contribution in [0.15, 0.2) is 48.5 Å². The van der Waals surface area contributed by atoms with E-state index in [4.69, 9.17) is 0 Å². The highest BCUT2D eigenvalue weighted by Crippen LogP contribution is 2.60. The minimum absolute atomic E-state index is 0.104. The molecule has 0 heterocycles. The number of benzene rings is 2.